The SMILES string of the molecule is CN(C)CCSc1cc[nH]c(=O)c1. The van der Waals surface area contributed by atoms with E-state index in [-0.39, 0.29) is 5.56 Å². The number of aromatic amines is 1. The molecule has 1 heterocycles. The molecule has 0 unspecified atom stereocenters. The Balaban J connectivity index is 2.41. The lowest BCUT2D eigenvalue weighted by molar-refractivity contribution is 0.437. The summed E-state index contributed by atoms with van der Waals surface area (Å²) in [4.78, 5) is 16.7. The van der Waals surface area contributed by atoms with Gasteiger partial charge in [0.2, 0.25) is 5.56 Å². The van der Waals surface area contributed by atoms with Crippen molar-refractivity contribution < 1.29 is 0 Å². The van der Waals surface area contributed by atoms with Gasteiger partial charge in [0.05, 0.1) is 0 Å². The van der Waals surface area contributed by atoms with E-state index in [1.165, 1.54) is 0 Å². The van der Waals surface area contributed by atoms with Gasteiger partial charge in [0.15, 0.2) is 0 Å². The molecule has 0 aliphatic carbocycles. The van der Waals surface area contributed by atoms with Crippen molar-refractivity contribution >= 4 is 11.8 Å². The molecule has 0 amide bonds. The van der Waals surface area contributed by atoms with E-state index >= 15 is 0 Å². The maximum absolute atomic E-state index is 10.9. The highest BCUT2D eigenvalue weighted by Crippen LogP contribution is 2.14. The summed E-state index contributed by atoms with van der Waals surface area (Å²) in [7, 11) is 4.08. The molecule has 0 saturated heterocycles. The molecule has 0 saturated carbocycles. The van der Waals surface area contributed by atoms with Gasteiger partial charge in [0.25, 0.3) is 0 Å². The van der Waals surface area contributed by atoms with Gasteiger partial charge in [-0.05, 0) is 20.2 Å². The highest BCUT2D eigenvalue weighted by atomic mass is 32.2. The van der Waals surface area contributed by atoms with Crippen molar-refractivity contribution in [2.75, 3.05) is 26.4 Å². The van der Waals surface area contributed by atoms with E-state index in [0.717, 1.165) is 17.2 Å². The third kappa shape index (κ3) is 4.15. The van der Waals surface area contributed by atoms with E-state index < -0.39 is 0 Å². The first-order chi connectivity index (χ1) is 6.18. The average Bonchev–Trinajstić information content (AvgIpc) is 2.03. The maximum atomic E-state index is 10.9. The molecule has 1 N–H and O–H groups in total. The fourth-order valence-electron chi connectivity index (χ4n) is 0.861. The molecule has 1 aromatic rings. The van der Waals surface area contributed by atoms with Gasteiger partial charge in [-0.25, -0.2) is 0 Å². The van der Waals surface area contributed by atoms with Crippen LogP contribution in [-0.4, -0.2) is 36.3 Å². The predicted octanol–water partition coefficient (Wildman–Crippen LogP) is 1.03. The standard InChI is InChI=1S/C9H14N2OS/c1-11(2)5-6-13-8-3-4-10-9(12)7-8/h3-4,7H,5-6H2,1-2H3,(H,10,12). The number of H-pyrrole nitrogens is 1. The monoisotopic (exact) mass is 198 g/mol. The van der Waals surface area contributed by atoms with Crippen LogP contribution in [0.2, 0.25) is 0 Å². The summed E-state index contributed by atoms with van der Waals surface area (Å²) < 4.78 is 0. The van der Waals surface area contributed by atoms with Crippen molar-refractivity contribution in [3.63, 3.8) is 0 Å². The summed E-state index contributed by atoms with van der Waals surface area (Å²) in [5.41, 5.74) is -0.0325. The molecule has 1 aromatic heterocycles. The maximum Gasteiger partial charge on any atom is 0.249 e. The van der Waals surface area contributed by atoms with E-state index in [1.807, 2.05) is 20.2 Å². The zero-order valence-electron chi connectivity index (χ0n) is 7.91. The van der Waals surface area contributed by atoms with Crippen molar-refractivity contribution in [1.29, 1.82) is 0 Å². The van der Waals surface area contributed by atoms with E-state index in [1.54, 1.807) is 24.0 Å². The quantitative estimate of drug-likeness (QED) is 0.734. The molecule has 0 spiro atoms. The van der Waals surface area contributed by atoms with Crippen LogP contribution in [0.4, 0.5) is 0 Å². The number of hydrogen-bond donors (Lipinski definition) is 1. The van der Waals surface area contributed by atoms with Gasteiger partial charge >= 0.3 is 0 Å². The third-order valence-corrected chi connectivity index (χ3v) is 2.53. The smallest absolute Gasteiger partial charge is 0.249 e. The lowest BCUT2D eigenvalue weighted by atomic mass is 10.5. The van der Waals surface area contributed by atoms with Gasteiger partial charge in [-0.15, -0.1) is 11.8 Å². The van der Waals surface area contributed by atoms with Crippen molar-refractivity contribution in [1.82, 2.24) is 9.88 Å². The number of nitrogens with one attached hydrogen (secondary N) is 1. The minimum atomic E-state index is -0.0325. The van der Waals surface area contributed by atoms with Crippen LogP contribution in [0.15, 0.2) is 28.0 Å². The number of aromatic nitrogens is 1. The van der Waals surface area contributed by atoms with E-state index in [2.05, 4.69) is 9.88 Å². The second-order valence-corrected chi connectivity index (χ2v) is 4.21. The molecule has 3 nitrogen and oxygen atoms in total. The Morgan fingerprint density at radius 3 is 2.92 bits per heavy atom. The molecular weight excluding hydrogens is 184 g/mol. The van der Waals surface area contributed by atoms with Crippen LogP contribution >= 0.6 is 11.8 Å². The van der Waals surface area contributed by atoms with Crippen molar-refractivity contribution in [2.24, 2.45) is 0 Å². The molecule has 1 rings (SSSR count). The molecule has 0 aromatic carbocycles. The van der Waals surface area contributed by atoms with Crippen LogP contribution in [0.3, 0.4) is 0 Å². The normalized spacial score (nSPS) is 10.7. The lowest BCUT2D eigenvalue weighted by Crippen LogP contribution is -2.14. The molecule has 4 heteroatoms. The highest BCUT2D eigenvalue weighted by molar-refractivity contribution is 7.99. The highest BCUT2D eigenvalue weighted by Gasteiger charge is 1.95. The summed E-state index contributed by atoms with van der Waals surface area (Å²) in [5, 5.41) is 0. The summed E-state index contributed by atoms with van der Waals surface area (Å²) in [6.45, 7) is 1.03. The Kier molecular flexibility index (Phi) is 4.05. The van der Waals surface area contributed by atoms with E-state index in [0.29, 0.717) is 0 Å². The van der Waals surface area contributed by atoms with Gasteiger partial charge in [-0.3, -0.25) is 4.79 Å². The van der Waals surface area contributed by atoms with Crippen LogP contribution in [0.5, 0.6) is 0 Å². The molecule has 13 heavy (non-hydrogen) atoms. The minimum Gasteiger partial charge on any atom is -0.329 e. The summed E-state index contributed by atoms with van der Waals surface area (Å²) in [5.74, 6) is 1.01. The Morgan fingerprint density at radius 1 is 1.54 bits per heavy atom. The van der Waals surface area contributed by atoms with E-state index in [4.69, 9.17) is 0 Å². The van der Waals surface area contributed by atoms with Gasteiger partial charge < -0.3 is 9.88 Å². The Morgan fingerprint density at radius 2 is 2.31 bits per heavy atom. The zero-order chi connectivity index (χ0) is 9.68. The third-order valence-electron chi connectivity index (χ3n) is 1.55. The molecule has 0 bridgehead atoms. The van der Waals surface area contributed by atoms with Crippen molar-refractivity contribution in [3.8, 4) is 0 Å². The lowest BCUT2D eigenvalue weighted by Gasteiger charge is -2.07. The topological polar surface area (TPSA) is 36.1 Å². The summed E-state index contributed by atoms with van der Waals surface area (Å²) >= 11 is 1.70. The largest absolute Gasteiger partial charge is 0.329 e. The average molecular weight is 198 g/mol. The number of nitrogens with zero attached hydrogens (tertiary/aromatic N) is 1. The summed E-state index contributed by atoms with van der Waals surface area (Å²) in [6.07, 6.45) is 1.68. The van der Waals surface area contributed by atoms with Crippen LogP contribution in [0.25, 0.3) is 0 Å². The van der Waals surface area contributed by atoms with E-state index in [9.17, 15) is 4.79 Å². The number of hydrogen-bond acceptors (Lipinski definition) is 3. The van der Waals surface area contributed by atoms with Crippen LogP contribution in [0, 0.1) is 0 Å². The first kappa shape index (κ1) is 10.3. The number of thioether (sulfide) groups is 1. The Hall–Kier alpha value is -0.740. The fraction of sp³-hybridized carbons (Fsp3) is 0.444. The predicted molar refractivity (Wildman–Crippen MR) is 56.3 cm³/mol. The molecule has 0 aliphatic heterocycles. The molecule has 72 valence electrons. The van der Waals surface area contributed by atoms with Gasteiger partial charge in [-0.2, -0.15) is 0 Å². The zero-order valence-corrected chi connectivity index (χ0v) is 8.73. The van der Waals surface area contributed by atoms with Crippen LogP contribution in [-0.2, 0) is 0 Å². The van der Waals surface area contributed by atoms with Gasteiger partial charge in [-0.1, -0.05) is 0 Å². The Bertz CT molecular complexity index is 308. The number of rotatable bonds is 4. The van der Waals surface area contributed by atoms with Crippen LogP contribution < -0.4 is 5.56 Å². The second-order valence-electron chi connectivity index (χ2n) is 3.04. The minimum absolute atomic E-state index is 0.0325. The molecule has 0 atom stereocenters. The molecule has 0 fully saturated rings. The first-order valence-corrected chi connectivity index (χ1v) is 5.13. The second kappa shape index (κ2) is 5.09. The molecular formula is C9H14N2OS. The van der Waals surface area contributed by atoms with Gasteiger partial charge in [0.1, 0.15) is 0 Å². The van der Waals surface area contributed by atoms with Crippen molar-refractivity contribution in [2.45, 2.75) is 4.90 Å². The fourth-order valence-corrected chi connectivity index (χ4v) is 1.91. The number of pyridine rings is 1. The first-order valence-electron chi connectivity index (χ1n) is 4.15. The molecule has 0 radical (unpaired) electrons. The van der Waals surface area contributed by atoms with Gasteiger partial charge in [0, 0.05) is 29.5 Å². The molecule has 0 aliphatic rings. The van der Waals surface area contributed by atoms with Crippen molar-refractivity contribution in [3.05, 3.63) is 28.7 Å². The van der Waals surface area contributed by atoms with Crippen LogP contribution in [0.1, 0.15) is 0 Å². The Labute approximate surface area is 82.2 Å². The summed E-state index contributed by atoms with van der Waals surface area (Å²) in [6, 6.07) is 3.54.